The number of rotatable bonds is 6. The van der Waals surface area contributed by atoms with Gasteiger partial charge in [-0.05, 0) is 6.42 Å². The van der Waals surface area contributed by atoms with Crippen molar-refractivity contribution in [1.29, 1.82) is 0 Å². The van der Waals surface area contributed by atoms with E-state index in [4.69, 9.17) is 4.74 Å². The van der Waals surface area contributed by atoms with Crippen LogP contribution in [-0.2, 0) is 4.74 Å². The summed E-state index contributed by atoms with van der Waals surface area (Å²) in [7, 11) is 1.62. The molecular formula is C11H18N4O2. The molecule has 0 aliphatic heterocycles. The molecule has 0 aromatic carbocycles. The number of carbonyl (C=O) groups excluding carboxylic acids is 1. The van der Waals surface area contributed by atoms with Crippen LogP contribution in [0.15, 0.2) is 17.5 Å². The van der Waals surface area contributed by atoms with Crippen LogP contribution in [0, 0.1) is 0 Å². The normalized spacial score (nSPS) is 11.5. The van der Waals surface area contributed by atoms with Crippen molar-refractivity contribution in [2.24, 2.45) is 4.99 Å². The van der Waals surface area contributed by atoms with Crippen LogP contribution in [0.5, 0.6) is 0 Å². The molecule has 94 valence electrons. The van der Waals surface area contributed by atoms with Crippen molar-refractivity contribution in [3.05, 3.63) is 18.2 Å². The Balaban J connectivity index is 2.35. The summed E-state index contributed by atoms with van der Waals surface area (Å²) in [4.78, 5) is 22.1. The molecule has 0 aliphatic carbocycles. The number of amidine groups is 1. The molecule has 1 rings (SSSR count). The van der Waals surface area contributed by atoms with Gasteiger partial charge in [-0.2, -0.15) is 0 Å². The molecule has 0 radical (unpaired) electrons. The second-order valence-electron chi connectivity index (χ2n) is 3.50. The summed E-state index contributed by atoms with van der Waals surface area (Å²) < 4.78 is 5.37. The van der Waals surface area contributed by atoms with Crippen LogP contribution in [0.3, 0.4) is 0 Å². The summed E-state index contributed by atoms with van der Waals surface area (Å²) in [5.41, 5.74) is 0.403. The molecule has 0 fully saturated rings. The number of aliphatic imine (C=N–C) groups is 1. The van der Waals surface area contributed by atoms with E-state index in [1.165, 1.54) is 12.5 Å². The molecule has 0 bridgehead atoms. The highest BCUT2D eigenvalue weighted by atomic mass is 16.5. The Morgan fingerprint density at radius 1 is 1.65 bits per heavy atom. The number of amides is 1. The number of nitrogens with one attached hydrogen (secondary N) is 2. The third kappa shape index (κ3) is 4.78. The largest absolute Gasteiger partial charge is 0.374 e. The molecule has 1 aromatic rings. The Morgan fingerprint density at radius 2 is 2.47 bits per heavy atom. The summed E-state index contributed by atoms with van der Waals surface area (Å²) >= 11 is 0. The molecule has 6 nitrogen and oxygen atoms in total. The Kier molecular flexibility index (Phi) is 5.95. The highest BCUT2D eigenvalue weighted by molar-refractivity contribution is 6.05. The first-order valence-electron chi connectivity index (χ1n) is 5.61. The molecule has 0 saturated carbocycles. The summed E-state index contributed by atoms with van der Waals surface area (Å²) in [6, 6.07) is 0. The van der Waals surface area contributed by atoms with Crippen molar-refractivity contribution in [1.82, 2.24) is 15.3 Å². The van der Waals surface area contributed by atoms with Gasteiger partial charge in [0.25, 0.3) is 5.91 Å². The zero-order valence-corrected chi connectivity index (χ0v) is 10.2. The maximum atomic E-state index is 11.6. The quantitative estimate of drug-likeness (QED) is 0.440. The van der Waals surface area contributed by atoms with Crippen molar-refractivity contribution in [2.75, 3.05) is 20.3 Å². The minimum absolute atomic E-state index is 0.262. The minimum Gasteiger partial charge on any atom is -0.374 e. The predicted molar refractivity (Wildman–Crippen MR) is 65.1 cm³/mol. The lowest BCUT2D eigenvalue weighted by atomic mass is 10.4. The maximum Gasteiger partial charge on any atom is 0.274 e. The first-order chi connectivity index (χ1) is 8.27. The average molecular weight is 238 g/mol. The molecule has 1 amide bonds. The van der Waals surface area contributed by atoms with Crippen LogP contribution < -0.4 is 5.32 Å². The molecule has 0 unspecified atom stereocenters. The Bertz CT molecular complexity index is 360. The van der Waals surface area contributed by atoms with Crippen LogP contribution >= 0.6 is 0 Å². The van der Waals surface area contributed by atoms with Gasteiger partial charge in [0.1, 0.15) is 18.1 Å². The third-order valence-corrected chi connectivity index (χ3v) is 2.15. The molecule has 0 aliphatic rings. The zero-order valence-electron chi connectivity index (χ0n) is 10.2. The van der Waals surface area contributed by atoms with Gasteiger partial charge in [0.2, 0.25) is 0 Å². The van der Waals surface area contributed by atoms with E-state index in [-0.39, 0.29) is 5.91 Å². The summed E-state index contributed by atoms with van der Waals surface area (Å²) in [5, 5.41) is 2.66. The first-order valence-corrected chi connectivity index (χ1v) is 5.61. The molecular weight excluding hydrogens is 220 g/mol. The highest BCUT2D eigenvalue weighted by Crippen LogP contribution is 1.92. The number of aromatic nitrogens is 2. The van der Waals surface area contributed by atoms with Gasteiger partial charge in [-0.1, -0.05) is 13.3 Å². The van der Waals surface area contributed by atoms with E-state index in [1.54, 1.807) is 7.05 Å². The number of H-pyrrole nitrogens is 1. The van der Waals surface area contributed by atoms with E-state index in [2.05, 4.69) is 27.2 Å². The van der Waals surface area contributed by atoms with Crippen LogP contribution in [0.25, 0.3) is 0 Å². The average Bonchev–Trinajstić information content (AvgIpc) is 2.86. The van der Waals surface area contributed by atoms with Crippen LogP contribution in [0.1, 0.15) is 30.3 Å². The van der Waals surface area contributed by atoms with E-state index in [0.29, 0.717) is 24.7 Å². The van der Waals surface area contributed by atoms with Crippen LogP contribution in [-0.4, -0.2) is 42.0 Å². The molecule has 17 heavy (non-hydrogen) atoms. The number of carbonyl (C=O) groups is 1. The second kappa shape index (κ2) is 7.56. The number of hydrogen-bond acceptors (Lipinski definition) is 4. The Hall–Kier alpha value is -1.69. The van der Waals surface area contributed by atoms with Gasteiger partial charge in [-0.25, -0.2) is 4.98 Å². The van der Waals surface area contributed by atoms with Gasteiger partial charge in [0, 0.05) is 13.7 Å². The van der Waals surface area contributed by atoms with Crippen molar-refractivity contribution >= 4 is 11.7 Å². The second-order valence-corrected chi connectivity index (χ2v) is 3.50. The maximum absolute atomic E-state index is 11.6. The Labute approximate surface area is 101 Å². The summed E-state index contributed by atoms with van der Waals surface area (Å²) in [5.74, 6) is 0.253. The Morgan fingerprint density at radius 3 is 3.06 bits per heavy atom. The third-order valence-electron chi connectivity index (χ3n) is 2.15. The number of hydrogen-bond donors (Lipinski definition) is 2. The SMILES string of the molecule is CCCCOCC(=NC)NC(=O)c1cnc[nH]1. The van der Waals surface area contributed by atoms with Crippen LogP contribution in [0.4, 0.5) is 0 Å². The fourth-order valence-corrected chi connectivity index (χ4v) is 1.15. The van der Waals surface area contributed by atoms with E-state index >= 15 is 0 Å². The molecule has 0 atom stereocenters. The lowest BCUT2D eigenvalue weighted by Gasteiger charge is -2.07. The lowest BCUT2D eigenvalue weighted by molar-refractivity contribution is 0.0966. The standard InChI is InChI=1S/C11H18N4O2/c1-3-4-5-17-7-10(12-2)15-11(16)9-6-13-8-14-9/h6,8H,3-5,7H2,1-2H3,(H,13,14)(H,12,15,16). The monoisotopic (exact) mass is 238 g/mol. The fourth-order valence-electron chi connectivity index (χ4n) is 1.15. The first kappa shape index (κ1) is 13.4. The number of unbranched alkanes of at least 4 members (excludes halogenated alkanes) is 1. The van der Waals surface area contributed by atoms with Gasteiger partial charge in [-0.15, -0.1) is 0 Å². The van der Waals surface area contributed by atoms with Gasteiger partial charge >= 0.3 is 0 Å². The summed E-state index contributed by atoms with van der Waals surface area (Å²) in [6.07, 6.45) is 5.00. The highest BCUT2D eigenvalue weighted by Gasteiger charge is 2.09. The van der Waals surface area contributed by atoms with Crippen LogP contribution in [0.2, 0.25) is 0 Å². The molecule has 0 saturated heterocycles. The van der Waals surface area contributed by atoms with E-state index < -0.39 is 0 Å². The molecule has 2 N–H and O–H groups in total. The number of aromatic amines is 1. The molecule has 6 heteroatoms. The van der Waals surface area contributed by atoms with Gasteiger partial charge in [0.15, 0.2) is 0 Å². The van der Waals surface area contributed by atoms with Gasteiger partial charge in [-0.3, -0.25) is 9.79 Å². The van der Waals surface area contributed by atoms with E-state index in [9.17, 15) is 4.79 Å². The lowest BCUT2D eigenvalue weighted by Crippen LogP contribution is -2.34. The van der Waals surface area contributed by atoms with Gasteiger partial charge < -0.3 is 15.0 Å². The molecule has 1 heterocycles. The smallest absolute Gasteiger partial charge is 0.274 e. The number of nitrogens with zero attached hydrogens (tertiary/aromatic N) is 2. The fraction of sp³-hybridized carbons (Fsp3) is 0.545. The summed E-state index contributed by atoms with van der Waals surface area (Å²) in [6.45, 7) is 3.09. The predicted octanol–water partition coefficient (Wildman–Crippen LogP) is 0.984. The molecule has 1 aromatic heterocycles. The van der Waals surface area contributed by atoms with Crippen molar-refractivity contribution in [3.8, 4) is 0 Å². The van der Waals surface area contributed by atoms with E-state index in [1.807, 2.05) is 0 Å². The van der Waals surface area contributed by atoms with Crippen molar-refractivity contribution in [2.45, 2.75) is 19.8 Å². The van der Waals surface area contributed by atoms with Crippen molar-refractivity contribution in [3.63, 3.8) is 0 Å². The minimum atomic E-state index is -0.262. The van der Waals surface area contributed by atoms with E-state index in [0.717, 1.165) is 12.8 Å². The topological polar surface area (TPSA) is 79.4 Å². The number of ether oxygens (including phenoxy) is 1. The van der Waals surface area contributed by atoms with Crippen molar-refractivity contribution < 1.29 is 9.53 Å². The zero-order chi connectivity index (χ0) is 12.5. The van der Waals surface area contributed by atoms with Gasteiger partial charge in [0.05, 0.1) is 12.5 Å². The molecule has 0 spiro atoms. The number of imidazole rings is 1.